The largest absolute Gasteiger partial charge is 0.398 e. The highest BCUT2D eigenvalue weighted by molar-refractivity contribution is 5.79. The van der Waals surface area contributed by atoms with E-state index in [0.717, 1.165) is 0 Å². The van der Waals surface area contributed by atoms with E-state index < -0.39 is 11.7 Å². The van der Waals surface area contributed by atoms with E-state index in [2.05, 4.69) is 0 Å². The van der Waals surface area contributed by atoms with Gasteiger partial charge in [-0.2, -0.15) is 0 Å². The molecule has 1 aromatic rings. The lowest BCUT2D eigenvalue weighted by Crippen LogP contribution is -2.31. The number of nitrogens with one attached hydrogen (secondary N) is 1. The van der Waals surface area contributed by atoms with Gasteiger partial charge in [0.15, 0.2) is 0 Å². The molecule has 5 heteroatoms. The van der Waals surface area contributed by atoms with Gasteiger partial charge in [0.1, 0.15) is 5.82 Å². The number of amides is 1. The van der Waals surface area contributed by atoms with Crippen LogP contribution in [-0.4, -0.2) is 5.91 Å². The molecule has 0 heterocycles. The van der Waals surface area contributed by atoms with Crippen LogP contribution in [0.1, 0.15) is 5.56 Å². The van der Waals surface area contributed by atoms with E-state index in [0.29, 0.717) is 11.3 Å². The summed E-state index contributed by atoms with van der Waals surface area (Å²) in [7, 11) is 0. The van der Waals surface area contributed by atoms with E-state index >= 15 is 0 Å². The number of benzene rings is 1. The molecule has 0 aliphatic carbocycles. The molecule has 0 aliphatic heterocycles. The molecule has 0 bridgehead atoms. The van der Waals surface area contributed by atoms with Crippen LogP contribution in [0.5, 0.6) is 0 Å². The second-order valence-corrected chi connectivity index (χ2v) is 2.59. The number of anilines is 1. The molecule has 70 valence electrons. The number of carbonyl (C=O) groups is 1. The quantitative estimate of drug-likeness (QED) is 0.260. The van der Waals surface area contributed by atoms with Crippen LogP contribution in [0.2, 0.25) is 0 Å². The van der Waals surface area contributed by atoms with Crippen molar-refractivity contribution >= 4 is 11.6 Å². The lowest BCUT2D eigenvalue weighted by atomic mass is 10.1. The normalized spacial score (nSPS) is 9.69. The Bertz CT molecular complexity index is 327. The molecule has 0 saturated carbocycles. The number of hydrogen-bond acceptors (Lipinski definition) is 3. The topological polar surface area (TPSA) is 81.1 Å². The van der Waals surface area contributed by atoms with Gasteiger partial charge in [-0.15, -0.1) is 0 Å². The molecule has 0 fully saturated rings. The molecule has 4 nitrogen and oxygen atoms in total. The van der Waals surface area contributed by atoms with E-state index in [1.165, 1.54) is 18.2 Å². The van der Waals surface area contributed by atoms with Crippen molar-refractivity contribution in [1.29, 1.82) is 0 Å². The minimum absolute atomic E-state index is 0.0138. The zero-order valence-corrected chi connectivity index (χ0v) is 6.88. The first kappa shape index (κ1) is 9.47. The van der Waals surface area contributed by atoms with Gasteiger partial charge in [-0.1, -0.05) is 0 Å². The SMILES string of the molecule is NNC(=O)Cc1cc(F)ccc1N. The van der Waals surface area contributed by atoms with Gasteiger partial charge < -0.3 is 5.73 Å². The molecular weight excluding hydrogens is 173 g/mol. The third kappa shape index (κ3) is 2.41. The number of rotatable bonds is 2. The molecule has 0 aromatic heterocycles. The molecule has 0 aliphatic rings. The fourth-order valence-electron chi connectivity index (χ4n) is 0.951. The van der Waals surface area contributed by atoms with Crippen LogP contribution in [0.3, 0.4) is 0 Å². The van der Waals surface area contributed by atoms with Crippen LogP contribution >= 0.6 is 0 Å². The zero-order chi connectivity index (χ0) is 9.84. The summed E-state index contributed by atoms with van der Waals surface area (Å²) < 4.78 is 12.7. The van der Waals surface area contributed by atoms with Gasteiger partial charge in [0.25, 0.3) is 0 Å². The van der Waals surface area contributed by atoms with Gasteiger partial charge in [-0.25, -0.2) is 10.2 Å². The Morgan fingerprint density at radius 2 is 2.23 bits per heavy atom. The molecule has 1 rings (SSSR count). The molecule has 1 aromatic carbocycles. The molecule has 0 saturated heterocycles. The lowest BCUT2D eigenvalue weighted by Gasteiger charge is -2.03. The van der Waals surface area contributed by atoms with Crippen molar-refractivity contribution in [3.63, 3.8) is 0 Å². The molecule has 5 N–H and O–H groups in total. The standard InChI is InChI=1S/C8H10FN3O/c9-6-1-2-7(10)5(3-6)4-8(13)12-11/h1-3H,4,10-11H2,(H,12,13). The van der Waals surface area contributed by atoms with Gasteiger partial charge in [-0.05, 0) is 23.8 Å². The van der Waals surface area contributed by atoms with Crippen LogP contribution in [-0.2, 0) is 11.2 Å². The molecule has 13 heavy (non-hydrogen) atoms. The maximum atomic E-state index is 12.7. The second kappa shape index (κ2) is 3.86. The molecule has 0 atom stereocenters. The Morgan fingerprint density at radius 3 is 2.85 bits per heavy atom. The predicted molar refractivity (Wildman–Crippen MR) is 46.8 cm³/mol. The highest BCUT2D eigenvalue weighted by Gasteiger charge is 2.05. The lowest BCUT2D eigenvalue weighted by molar-refractivity contribution is -0.120. The number of nitrogens with two attached hydrogens (primary N) is 2. The first-order chi connectivity index (χ1) is 6.13. The van der Waals surface area contributed by atoms with Gasteiger partial charge in [0, 0.05) is 5.69 Å². The first-order valence-electron chi connectivity index (χ1n) is 3.67. The summed E-state index contributed by atoms with van der Waals surface area (Å²) in [6.07, 6.45) is -0.0138. The van der Waals surface area contributed by atoms with Crippen LogP contribution < -0.4 is 17.0 Å². The Labute approximate surface area is 74.7 Å². The van der Waals surface area contributed by atoms with Crippen LogP contribution in [0.15, 0.2) is 18.2 Å². The number of halogens is 1. The van der Waals surface area contributed by atoms with Crippen molar-refractivity contribution in [3.05, 3.63) is 29.6 Å². The molecule has 0 radical (unpaired) electrons. The summed E-state index contributed by atoms with van der Waals surface area (Å²) in [4.78, 5) is 10.8. The summed E-state index contributed by atoms with van der Waals surface area (Å²) in [5, 5.41) is 0. The molecule has 0 unspecified atom stereocenters. The summed E-state index contributed by atoms with van der Waals surface area (Å²) in [5.74, 6) is 4.05. The Morgan fingerprint density at radius 1 is 1.54 bits per heavy atom. The number of hydrazine groups is 1. The van der Waals surface area contributed by atoms with Crippen molar-refractivity contribution in [2.24, 2.45) is 5.84 Å². The summed E-state index contributed by atoms with van der Waals surface area (Å²) in [6, 6.07) is 3.86. The summed E-state index contributed by atoms with van der Waals surface area (Å²) >= 11 is 0. The fourth-order valence-corrected chi connectivity index (χ4v) is 0.951. The van der Waals surface area contributed by atoms with Crippen LogP contribution in [0, 0.1) is 5.82 Å². The smallest absolute Gasteiger partial charge is 0.238 e. The fraction of sp³-hybridized carbons (Fsp3) is 0.125. The maximum Gasteiger partial charge on any atom is 0.238 e. The minimum Gasteiger partial charge on any atom is -0.398 e. The van der Waals surface area contributed by atoms with E-state index in [-0.39, 0.29) is 6.42 Å². The summed E-state index contributed by atoms with van der Waals surface area (Å²) in [5.41, 5.74) is 8.26. The number of nitrogen functional groups attached to an aromatic ring is 1. The minimum atomic E-state index is -0.422. The van der Waals surface area contributed by atoms with Gasteiger partial charge in [0.05, 0.1) is 6.42 Å². The molecule has 1 amide bonds. The van der Waals surface area contributed by atoms with E-state index in [1.807, 2.05) is 5.43 Å². The van der Waals surface area contributed by atoms with Crippen LogP contribution in [0.4, 0.5) is 10.1 Å². The van der Waals surface area contributed by atoms with Crippen LogP contribution in [0.25, 0.3) is 0 Å². The van der Waals surface area contributed by atoms with Crippen molar-refractivity contribution in [2.45, 2.75) is 6.42 Å². The zero-order valence-electron chi connectivity index (χ0n) is 6.88. The van der Waals surface area contributed by atoms with Crippen molar-refractivity contribution < 1.29 is 9.18 Å². The highest BCUT2D eigenvalue weighted by Crippen LogP contribution is 2.13. The number of carbonyl (C=O) groups excluding carboxylic acids is 1. The Balaban J connectivity index is 2.87. The number of hydrogen-bond donors (Lipinski definition) is 3. The molecule has 0 spiro atoms. The van der Waals surface area contributed by atoms with Gasteiger partial charge in [0.2, 0.25) is 5.91 Å². The third-order valence-electron chi connectivity index (χ3n) is 1.62. The van der Waals surface area contributed by atoms with E-state index in [4.69, 9.17) is 11.6 Å². The van der Waals surface area contributed by atoms with Gasteiger partial charge in [-0.3, -0.25) is 10.2 Å². The first-order valence-corrected chi connectivity index (χ1v) is 3.67. The maximum absolute atomic E-state index is 12.7. The highest BCUT2D eigenvalue weighted by atomic mass is 19.1. The molecular formula is C8H10FN3O. The second-order valence-electron chi connectivity index (χ2n) is 2.59. The van der Waals surface area contributed by atoms with E-state index in [1.54, 1.807) is 0 Å². The van der Waals surface area contributed by atoms with Crippen molar-refractivity contribution in [2.75, 3.05) is 5.73 Å². The average molecular weight is 183 g/mol. The monoisotopic (exact) mass is 183 g/mol. The Kier molecular flexibility index (Phi) is 2.81. The average Bonchev–Trinajstić information content (AvgIpc) is 2.11. The van der Waals surface area contributed by atoms with Crippen molar-refractivity contribution in [1.82, 2.24) is 5.43 Å². The van der Waals surface area contributed by atoms with Gasteiger partial charge >= 0.3 is 0 Å². The van der Waals surface area contributed by atoms with Crippen molar-refractivity contribution in [3.8, 4) is 0 Å². The predicted octanol–water partition coefficient (Wildman–Crippen LogP) is -0.0597. The van der Waals surface area contributed by atoms with E-state index in [9.17, 15) is 9.18 Å². The Hall–Kier alpha value is -1.62. The summed E-state index contributed by atoms with van der Waals surface area (Å²) in [6.45, 7) is 0. The third-order valence-corrected chi connectivity index (χ3v) is 1.62.